The average Bonchev–Trinajstić information content (AvgIpc) is 3.15. The summed E-state index contributed by atoms with van der Waals surface area (Å²) in [7, 11) is 3.89. The minimum Gasteiger partial charge on any atom is -0.466 e. The Bertz CT molecular complexity index is 736. The Morgan fingerprint density at radius 3 is 2.61 bits per heavy atom. The minimum absolute atomic E-state index is 0. The molecule has 0 spiro atoms. The largest absolute Gasteiger partial charge is 0.466 e. The molecule has 1 aromatic carbocycles. The Hall–Kier alpha value is -1.65. The van der Waals surface area contributed by atoms with E-state index in [9.17, 15) is 9.50 Å². The molecule has 6 nitrogen and oxygen atoms in total. The molecule has 2 atom stereocenters. The number of hydrogen-bond acceptors (Lipinski definition) is 4. The van der Waals surface area contributed by atoms with Crippen LogP contribution in [-0.2, 0) is 5.60 Å². The van der Waals surface area contributed by atoms with Crippen LogP contribution >= 0.6 is 24.0 Å². The molecule has 0 bridgehead atoms. The third-order valence-electron chi connectivity index (χ3n) is 4.26. The van der Waals surface area contributed by atoms with Crippen molar-refractivity contribution in [2.45, 2.75) is 25.5 Å². The zero-order valence-corrected chi connectivity index (χ0v) is 19.1. The first-order valence-corrected chi connectivity index (χ1v) is 9.04. The van der Waals surface area contributed by atoms with Crippen LogP contribution in [0.15, 0.2) is 52.1 Å². The molecule has 2 aromatic rings. The van der Waals surface area contributed by atoms with Gasteiger partial charge in [0.2, 0.25) is 0 Å². The highest BCUT2D eigenvalue weighted by atomic mass is 127. The molecule has 3 N–H and O–H groups in total. The fraction of sp³-hybridized carbons (Fsp3) is 0.450. The molecule has 0 aliphatic carbocycles. The third kappa shape index (κ3) is 7.06. The van der Waals surface area contributed by atoms with E-state index >= 15 is 0 Å². The molecule has 2 unspecified atom stereocenters. The van der Waals surface area contributed by atoms with Crippen molar-refractivity contribution < 1.29 is 13.9 Å². The number of rotatable bonds is 8. The van der Waals surface area contributed by atoms with Crippen molar-refractivity contribution in [2.24, 2.45) is 4.99 Å². The maximum Gasteiger partial charge on any atom is 0.191 e. The first kappa shape index (κ1) is 24.4. The number of likely N-dealkylation sites (N-methyl/N-ethyl adjacent to an activating group) is 1. The number of nitrogens with zero attached hydrogens (tertiary/aromatic N) is 2. The van der Waals surface area contributed by atoms with Crippen LogP contribution in [0.4, 0.5) is 4.39 Å². The normalized spacial score (nSPS) is 14.9. The van der Waals surface area contributed by atoms with E-state index in [1.165, 1.54) is 18.4 Å². The average molecular weight is 504 g/mol. The lowest BCUT2D eigenvalue weighted by Gasteiger charge is -2.26. The summed E-state index contributed by atoms with van der Waals surface area (Å²) < 4.78 is 18.9. The van der Waals surface area contributed by atoms with Crippen LogP contribution in [-0.4, -0.2) is 49.7 Å². The van der Waals surface area contributed by atoms with Crippen molar-refractivity contribution in [1.29, 1.82) is 0 Å². The Labute approximate surface area is 183 Å². The van der Waals surface area contributed by atoms with Gasteiger partial charge in [-0.25, -0.2) is 9.38 Å². The van der Waals surface area contributed by atoms with Gasteiger partial charge in [-0.1, -0.05) is 12.1 Å². The van der Waals surface area contributed by atoms with E-state index in [0.717, 1.165) is 5.56 Å². The quantitative estimate of drug-likeness (QED) is 0.293. The van der Waals surface area contributed by atoms with Crippen LogP contribution < -0.4 is 10.6 Å². The molecule has 0 fully saturated rings. The summed E-state index contributed by atoms with van der Waals surface area (Å²) in [5.74, 6) is 0.787. The van der Waals surface area contributed by atoms with E-state index in [1.54, 1.807) is 25.1 Å². The molecule has 0 saturated heterocycles. The van der Waals surface area contributed by atoms with Gasteiger partial charge in [-0.3, -0.25) is 0 Å². The predicted octanol–water partition coefficient (Wildman–Crippen LogP) is 3.10. The van der Waals surface area contributed by atoms with Crippen LogP contribution in [0.1, 0.15) is 31.2 Å². The summed E-state index contributed by atoms with van der Waals surface area (Å²) in [4.78, 5) is 6.49. The smallest absolute Gasteiger partial charge is 0.191 e. The molecule has 156 valence electrons. The summed E-state index contributed by atoms with van der Waals surface area (Å²) in [6.07, 6.45) is 1.53. The fourth-order valence-corrected chi connectivity index (χ4v) is 2.74. The van der Waals surface area contributed by atoms with Crippen molar-refractivity contribution in [3.63, 3.8) is 0 Å². The fourth-order valence-electron chi connectivity index (χ4n) is 2.74. The molecule has 0 saturated carbocycles. The molecule has 8 heteroatoms. The second-order valence-electron chi connectivity index (χ2n) is 6.86. The lowest BCUT2D eigenvalue weighted by Crippen LogP contribution is -2.42. The number of hydrogen-bond donors (Lipinski definition) is 3. The summed E-state index contributed by atoms with van der Waals surface area (Å²) in [5, 5.41) is 17.0. The number of aliphatic imine (C=N–C) groups is 1. The van der Waals surface area contributed by atoms with Crippen molar-refractivity contribution >= 4 is 29.9 Å². The molecule has 2 rings (SSSR count). The van der Waals surface area contributed by atoms with Gasteiger partial charge in [0.05, 0.1) is 18.8 Å². The molecule has 1 aromatic heterocycles. The zero-order valence-electron chi connectivity index (χ0n) is 16.8. The maximum absolute atomic E-state index is 13.6. The molecular formula is C20H30FIN4O2. The Balaban J connectivity index is 0.00000392. The standard InChI is InChI=1S/C20H29FN4O2.HI/c1-5-22-19(24-14-20(2,26)18-10-7-11-27-18)23-13-17(25(3)4)15-8-6-9-16(21)12-15;/h6-12,17,26H,5,13-14H2,1-4H3,(H2,22,23,24);1H. The molecular weight excluding hydrogens is 474 g/mol. The highest BCUT2D eigenvalue weighted by Crippen LogP contribution is 2.21. The van der Waals surface area contributed by atoms with Gasteiger partial charge >= 0.3 is 0 Å². The summed E-state index contributed by atoms with van der Waals surface area (Å²) in [6, 6.07) is 10.0. The van der Waals surface area contributed by atoms with Crippen molar-refractivity contribution in [1.82, 2.24) is 15.5 Å². The lowest BCUT2D eigenvalue weighted by molar-refractivity contribution is 0.0437. The van der Waals surface area contributed by atoms with Gasteiger partial charge in [0.25, 0.3) is 0 Å². The van der Waals surface area contributed by atoms with Crippen LogP contribution in [0.3, 0.4) is 0 Å². The van der Waals surface area contributed by atoms with E-state index in [2.05, 4.69) is 15.6 Å². The number of halogens is 2. The predicted molar refractivity (Wildman–Crippen MR) is 121 cm³/mol. The van der Waals surface area contributed by atoms with E-state index in [1.807, 2.05) is 32.0 Å². The number of guanidine groups is 1. The molecule has 0 aliphatic heterocycles. The first-order valence-electron chi connectivity index (χ1n) is 9.04. The van der Waals surface area contributed by atoms with E-state index in [0.29, 0.717) is 24.8 Å². The zero-order chi connectivity index (χ0) is 19.9. The Morgan fingerprint density at radius 2 is 2.04 bits per heavy atom. The maximum atomic E-state index is 13.6. The van der Waals surface area contributed by atoms with Crippen molar-refractivity contribution in [3.05, 3.63) is 59.8 Å². The second-order valence-corrected chi connectivity index (χ2v) is 6.86. The van der Waals surface area contributed by atoms with Gasteiger partial charge in [-0.2, -0.15) is 0 Å². The summed E-state index contributed by atoms with van der Waals surface area (Å²) in [6.45, 7) is 4.99. The van der Waals surface area contributed by atoms with Gasteiger partial charge in [-0.05, 0) is 57.8 Å². The number of aliphatic hydroxyl groups is 1. The van der Waals surface area contributed by atoms with Gasteiger partial charge in [-0.15, -0.1) is 24.0 Å². The van der Waals surface area contributed by atoms with E-state index < -0.39 is 5.60 Å². The van der Waals surface area contributed by atoms with E-state index in [-0.39, 0.29) is 42.4 Å². The van der Waals surface area contributed by atoms with Crippen LogP contribution in [0, 0.1) is 5.82 Å². The minimum atomic E-state index is -1.20. The lowest BCUT2D eigenvalue weighted by atomic mass is 10.0. The van der Waals surface area contributed by atoms with Gasteiger partial charge < -0.3 is 25.1 Å². The summed E-state index contributed by atoms with van der Waals surface area (Å²) in [5.41, 5.74) is -0.319. The van der Waals surface area contributed by atoms with E-state index in [4.69, 9.17) is 4.42 Å². The molecule has 0 radical (unpaired) electrons. The number of furan rings is 1. The van der Waals surface area contributed by atoms with Crippen LogP contribution in [0.5, 0.6) is 0 Å². The topological polar surface area (TPSA) is 73.0 Å². The molecule has 28 heavy (non-hydrogen) atoms. The van der Waals surface area contributed by atoms with Gasteiger partial charge in [0, 0.05) is 13.1 Å². The third-order valence-corrected chi connectivity index (χ3v) is 4.26. The monoisotopic (exact) mass is 504 g/mol. The van der Waals surface area contributed by atoms with Crippen LogP contribution in [0.25, 0.3) is 0 Å². The van der Waals surface area contributed by atoms with Crippen LogP contribution in [0.2, 0.25) is 0 Å². The van der Waals surface area contributed by atoms with Crippen molar-refractivity contribution in [2.75, 3.05) is 33.7 Å². The van der Waals surface area contributed by atoms with Gasteiger partial charge in [0.15, 0.2) is 5.96 Å². The Morgan fingerprint density at radius 1 is 1.29 bits per heavy atom. The summed E-state index contributed by atoms with van der Waals surface area (Å²) >= 11 is 0. The SMILES string of the molecule is CCNC(=NCC(C)(O)c1ccco1)NCC(c1cccc(F)c1)N(C)C.I. The molecule has 0 aliphatic rings. The highest BCUT2D eigenvalue weighted by molar-refractivity contribution is 14.0. The number of benzene rings is 1. The highest BCUT2D eigenvalue weighted by Gasteiger charge is 2.26. The van der Waals surface area contributed by atoms with Crippen molar-refractivity contribution in [3.8, 4) is 0 Å². The van der Waals surface area contributed by atoms with Gasteiger partial charge in [0.1, 0.15) is 17.2 Å². The molecule has 0 amide bonds. The Kier molecular flexibility index (Phi) is 9.91. The molecule has 1 heterocycles. The second kappa shape index (κ2) is 11.4. The first-order chi connectivity index (χ1) is 12.8. The number of nitrogens with one attached hydrogen (secondary N) is 2.